The zero-order valence-corrected chi connectivity index (χ0v) is 13.5. The summed E-state index contributed by atoms with van der Waals surface area (Å²) in [5.74, 6) is 0. The molecular formula is C15H23BrO3. The van der Waals surface area contributed by atoms with E-state index in [9.17, 15) is 0 Å². The van der Waals surface area contributed by atoms with Gasteiger partial charge in [0.15, 0.2) is 0 Å². The van der Waals surface area contributed by atoms with Crippen molar-refractivity contribution in [2.24, 2.45) is 0 Å². The van der Waals surface area contributed by atoms with Crippen LogP contribution in [0.4, 0.5) is 0 Å². The molecule has 0 bridgehead atoms. The van der Waals surface area contributed by atoms with Gasteiger partial charge in [-0.2, -0.15) is 0 Å². The third-order valence-corrected chi connectivity index (χ3v) is 3.42. The second-order valence-corrected chi connectivity index (χ2v) is 5.20. The van der Waals surface area contributed by atoms with Crippen molar-refractivity contribution in [3.63, 3.8) is 0 Å². The van der Waals surface area contributed by atoms with E-state index in [2.05, 4.69) is 28.1 Å². The first kappa shape index (κ1) is 16.6. The summed E-state index contributed by atoms with van der Waals surface area (Å²) in [4.78, 5) is 0. The topological polar surface area (TPSA) is 27.7 Å². The van der Waals surface area contributed by atoms with Crippen molar-refractivity contribution in [3.05, 3.63) is 33.8 Å². The van der Waals surface area contributed by atoms with E-state index in [0.717, 1.165) is 28.8 Å². The van der Waals surface area contributed by atoms with Gasteiger partial charge in [-0.25, -0.2) is 0 Å². The predicted octanol–water partition coefficient (Wildman–Crippen LogP) is 3.93. The summed E-state index contributed by atoms with van der Waals surface area (Å²) in [5, 5.41) is 0. The maximum Gasteiger partial charge on any atom is 0.0780 e. The molecule has 0 amide bonds. The summed E-state index contributed by atoms with van der Waals surface area (Å²) in [5.41, 5.74) is 2.31. The summed E-state index contributed by atoms with van der Waals surface area (Å²) < 4.78 is 17.6. The molecule has 108 valence electrons. The van der Waals surface area contributed by atoms with Crippen LogP contribution in [-0.2, 0) is 27.4 Å². The fraction of sp³-hybridized carbons (Fsp3) is 0.600. The van der Waals surface area contributed by atoms with E-state index >= 15 is 0 Å². The molecule has 1 atom stereocenters. The standard InChI is InChI=1S/C15H23BrO3/c1-4-17-11-14-8-13(6-7-15(14)16)10-18-9-12(3)19-5-2/h6-8,12H,4-5,9-11H2,1-3H3. The Balaban J connectivity index is 2.45. The van der Waals surface area contributed by atoms with Crippen molar-refractivity contribution < 1.29 is 14.2 Å². The zero-order chi connectivity index (χ0) is 14.1. The van der Waals surface area contributed by atoms with Crippen molar-refractivity contribution in [1.29, 1.82) is 0 Å². The molecule has 0 saturated heterocycles. The van der Waals surface area contributed by atoms with E-state index in [4.69, 9.17) is 14.2 Å². The highest BCUT2D eigenvalue weighted by molar-refractivity contribution is 9.10. The second kappa shape index (κ2) is 9.48. The Kier molecular flexibility index (Phi) is 8.30. The van der Waals surface area contributed by atoms with Crippen LogP contribution >= 0.6 is 15.9 Å². The molecule has 0 heterocycles. The van der Waals surface area contributed by atoms with Gasteiger partial charge >= 0.3 is 0 Å². The number of hydrogen-bond donors (Lipinski definition) is 0. The third kappa shape index (κ3) is 6.52. The molecule has 19 heavy (non-hydrogen) atoms. The van der Waals surface area contributed by atoms with Crippen LogP contribution in [0.3, 0.4) is 0 Å². The third-order valence-electron chi connectivity index (χ3n) is 2.64. The molecule has 0 N–H and O–H groups in total. The average molecular weight is 331 g/mol. The minimum atomic E-state index is 0.142. The highest BCUT2D eigenvalue weighted by atomic mass is 79.9. The normalized spacial score (nSPS) is 12.6. The summed E-state index contributed by atoms with van der Waals surface area (Å²) >= 11 is 3.53. The van der Waals surface area contributed by atoms with E-state index in [-0.39, 0.29) is 6.10 Å². The van der Waals surface area contributed by atoms with Gasteiger partial charge in [0.1, 0.15) is 0 Å². The van der Waals surface area contributed by atoms with Crippen LogP contribution in [0.25, 0.3) is 0 Å². The van der Waals surface area contributed by atoms with Crippen LogP contribution in [0.15, 0.2) is 22.7 Å². The lowest BCUT2D eigenvalue weighted by Crippen LogP contribution is -2.15. The van der Waals surface area contributed by atoms with Crippen molar-refractivity contribution in [1.82, 2.24) is 0 Å². The summed E-state index contributed by atoms with van der Waals surface area (Å²) in [7, 11) is 0. The van der Waals surface area contributed by atoms with E-state index in [1.807, 2.05) is 26.8 Å². The van der Waals surface area contributed by atoms with Gasteiger partial charge in [0.25, 0.3) is 0 Å². The van der Waals surface area contributed by atoms with E-state index in [1.54, 1.807) is 0 Å². The molecule has 0 fully saturated rings. The zero-order valence-electron chi connectivity index (χ0n) is 11.9. The first-order valence-corrected chi connectivity index (χ1v) is 7.51. The number of halogens is 1. The Labute approximate surface area is 124 Å². The summed E-state index contributed by atoms with van der Waals surface area (Å²) in [6, 6.07) is 6.22. The highest BCUT2D eigenvalue weighted by Crippen LogP contribution is 2.20. The van der Waals surface area contributed by atoms with Crippen LogP contribution in [0.2, 0.25) is 0 Å². The Hall–Kier alpha value is -0.420. The number of rotatable bonds is 9. The maximum atomic E-state index is 5.65. The number of benzene rings is 1. The molecule has 1 aromatic carbocycles. The molecule has 0 aliphatic rings. The molecule has 0 spiro atoms. The molecular weight excluding hydrogens is 308 g/mol. The SMILES string of the molecule is CCOCc1cc(COCC(C)OCC)ccc1Br. The fourth-order valence-electron chi connectivity index (χ4n) is 1.72. The smallest absolute Gasteiger partial charge is 0.0780 e. The Morgan fingerprint density at radius 1 is 1.11 bits per heavy atom. The van der Waals surface area contributed by atoms with E-state index in [0.29, 0.717) is 19.8 Å². The van der Waals surface area contributed by atoms with Crippen molar-refractivity contribution in [2.45, 2.75) is 40.1 Å². The molecule has 4 heteroatoms. The largest absolute Gasteiger partial charge is 0.377 e. The lowest BCUT2D eigenvalue weighted by atomic mass is 10.1. The predicted molar refractivity (Wildman–Crippen MR) is 80.2 cm³/mol. The van der Waals surface area contributed by atoms with Crippen LogP contribution < -0.4 is 0 Å². The molecule has 0 radical (unpaired) electrons. The van der Waals surface area contributed by atoms with Crippen LogP contribution in [0.1, 0.15) is 31.9 Å². The van der Waals surface area contributed by atoms with Gasteiger partial charge in [0.2, 0.25) is 0 Å². The second-order valence-electron chi connectivity index (χ2n) is 4.34. The van der Waals surface area contributed by atoms with Crippen LogP contribution in [-0.4, -0.2) is 25.9 Å². The lowest BCUT2D eigenvalue weighted by molar-refractivity contribution is -0.00716. The molecule has 3 nitrogen and oxygen atoms in total. The maximum absolute atomic E-state index is 5.65. The van der Waals surface area contributed by atoms with Gasteiger partial charge < -0.3 is 14.2 Å². The Morgan fingerprint density at radius 2 is 1.89 bits per heavy atom. The lowest BCUT2D eigenvalue weighted by Gasteiger charge is -2.13. The Bertz CT molecular complexity index is 368. The number of ether oxygens (including phenoxy) is 3. The average Bonchev–Trinajstić information content (AvgIpc) is 2.39. The molecule has 0 saturated carbocycles. The monoisotopic (exact) mass is 330 g/mol. The summed E-state index contributed by atoms with van der Waals surface area (Å²) in [6.07, 6.45) is 0.142. The van der Waals surface area contributed by atoms with E-state index in [1.165, 1.54) is 0 Å². The van der Waals surface area contributed by atoms with Gasteiger partial charge in [-0.05, 0) is 38.0 Å². The van der Waals surface area contributed by atoms with Crippen LogP contribution in [0.5, 0.6) is 0 Å². The molecule has 1 unspecified atom stereocenters. The first-order valence-electron chi connectivity index (χ1n) is 6.71. The van der Waals surface area contributed by atoms with Gasteiger partial charge in [-0.15, -0.1) is 0 Å². The molecule has 0 aliphatic heterocycles. The molecule has 0 aromatic heterocycles. The van der Waals surface area contributed by atoms with Gasteiger partial charge in [-0.3, -0.25) is 0 Å². The number of hydrogen-bond acceptors (Lipinski definition) is 3. The summed E-state index contributed by atoms with van der Waals surface area (Å²) in [6.45, 7) is 9.29. The van der Waals surface area contributed by atoms with Crippen molar-refractivity contribution in [2.75, 3.05) is 19.8 Å². The van der Waals surface area contributed by atoms with Crippen molar-refractivity contribution >= 4 is 15.9 Å². The van der Waals surface area contributed by atoms with Crippen LogP contribution in [0, 0.1) is 0 Å². The molecule has 1 aromatic rings. The first-order chi connectivity index (χ1) is 9.17. The highest BCUT2D eigenvalue weighted by Gasteiger charge is 2.04. The van der Waals surface area contributed by atoms with Gasteiger partial charge in [0, 0.05) is 17.7 Å². The Morgan fingerprint density at radius 3 is 2.58 bits per heavy atom. The van der Waals surface area contributed by atoms with E-state index < -0.39 is 0 Å². The quantitative estimate of drug-likeness (QED) is 0.686. The van der Waals surface area contributed by atoms with Gasteiger partial charge in [-0.1, -0.05) is 28.1 Å². The molecule has 0 aliphatic carbocycles. The fourth-order valence-corrected chi connectivity index (χ4v) is 2.08. The minimum absolute atomic E-state index is 0.142. The van der Waals surface area contributed by atoms with Crippen molar-refractivity contribution in [3.8, 4) is 0 Å². The van der Waals surface area contributed by atoms with Gasteiger partial charge in [0.05, 0.1) is 25.9 Å². The molecule has 1 rings (SSSR count). The minimum Gasteiger partial charge on any atom is -0.377 e.